The fourth-order valence-electron chi connectivity index (χ4n) is 1.24. The third-order valence-electron chi connectivity index (χ3n) is 1.95. The Balaban J connectivity index is 2.03. The van der Waals surface area contributed by atoms with E-state index in [-0.39, 0.29) is 0 Å². The molecule has 0 saturated heterocycles. The molecule has 0 N–H and O–H groups in total. The molecule has 0 aromatic rings. The molecule has 0 heterocycles. The third kappa shape index (κ3) is 4.55. The molecular weight excluding hydrogens is 160 g/mol. The Bertz CT molecular complexity index is 230. The molecule has 0 aromatic heterocycles. The molecule has 1 nitrogen and oxygen atoms in total. The second-order valence-corrected chi connectivity index (χ2v) is 3.12. The summed E-state index contributed by atoms with van der Waals surface area (Å²) in [6, 6.07) is 0. The Morgan fingerprint density at radius 3 is 3.08 bits per heavy atom. The summed E-state index contributed by atoms with van der Waals surface area (Å²) in [7, 11) is 0. The van der Waals surface area contributed by atoms with Crippen LogP contribution in [0.4, 0.5) is 0 Å². The van der Waals surface area contributed by atoms with Crippen LogP contribution < -0.4 is 0 Å². The zero-order valence-corrected chi connectivity index (χ0v) is 7.96. The maximum Gasteiger partial charge on any atom is 0.0713 e. The van der Waals surface area contributed by atoms with E-state index in [4.69, 9.17) is 11.2 Å². The van der Waals surface area contributed by atoms with Crippen LogP contribution in [-0.4, -0.2) is 13.2 Å². The normalized spacial score (nSPS) is 15.2. The highest BCUT2D eigenvalue weighted by molar-refractivity contribution is 5.22. The molecule has 70 valence electrons. The lowest BCUT2D eigenvalue weighted by atomic mass is 10.1. The van der Waals surface area contributed by atoms with Crippen LogP contribution in [0, 0.1) is 12.3 Å². The fourth-order valence-corrected chi connectivity index (χ4v) is 1.24. The number of ether oxygens (including phenoxy) is 1. The average molecular weight is 176 g/mol. The molecule has 0 amide bonds. The minimum absolute atomic E-state index is 0.737. The van der Waals surface area contributed by atoms with Gasteiger partial charge in [-0.1, -0.05) is 18.2 Å². The van der Waals surface area contributed by atoms with Gasteiger partial charge in [0.1, 0.15) is 0 Å². The first-order valence-corrected chi connectivity index (χ1v) is 4.80. The molecule has 0 aliphatic heterocycles. The van der Waals surface area contributed by atoms with E-state index in [1.54, 1.807) is 0 Å². The summed E-state index contributed by atoms with van der Waals surface area (Å²) in [5.41, 5.74) is 1.30. The number of allylic oxidation sites excluding steroid dienone is 2. The van der Waals surface area contributed by atoms with E-state index in [1.165, 1.54) is 12.0 Å². The Hall–Kier alpha value is -1.00. The topological polar surface area (TPSA) is 9.23 Å². The van der Waals surface area contributed by atoms with Gasteiger partial charge in [0.15, 0.2) is 0 Å². The quantitative estimate of drug-likeness (QED) is 0.462. The lowest BCUT2D eigenvalue weighted by molar-refractivity contribution is 0.156. The molecule has 1 aliphatic carbocycles. The van der Waals surface area contributed by atoms with Crippen molar-refractivity contribution in [1.29, 1.82) is 0 Å². The van der Waals surface area contributed by atoms with Crippen molar-refractivity contribution in [3.63, 3.8) is 0 Å². The van der Waals surface area contributed by atoms with E-state index in [9.17, 15) is 0 Å². The van der Waals surface area contributed by atoms with Gasteiger partial charge in [0.25, 0.3) is 0 Å². The van der Waals surface area contributed by atoms with Gasteiger partial charge in [0, 0.05) is 13.0 Å². The first-order valence-electron chi connectivity index (χ1n) is 4.80. The molecule has 1 rings (SSSR count). The van der Waals surface area contributed by atoms with E-state index >= 15 is 0 Å². The molecular formula is C12H16O. The predicted molar refractivity (Wildman–Crippen MR) is 55.3 cm³/mol. The summed E-state index contributed by atoms with van der Waals surface area (Å²) in [4.78, 5) is 0. The minimum atomic E-state index is 0.737. The van der Waals surface area contributed by atoms with Crippen LogP contribution in [0.15, 0.2) is 23.8 Å². The standard InChI is InChI=1S/C12H16O/c1-2-3-7-10-13-11-12-8-5-4-6-9-12/h1,5,8-9H,3-4,6-7,10-11H2. The summed E-state index contributed by atoms with van der Waals surface area (Å²) >= 11 is 0. The van der Waals surface area contributed by atoms with Crippen molar-refractivity contribution in [2.24, 2.45) is 0 Å². The first-order chi connectivity index (χ1) is 6.43. The Kier molecular flexibility index (Phi) is 5.05. The van der Waals surface area contributed by atoms with Crippen molar-refractivity contribution in [3.05, 3.63) is 23.8 Å². The van der Waals surface area contributed by atoms with Crippen LogP contribution in [0.25, 0.3) is 0 Å². The Labute approximate surface area is 80.5 Å². The van der Waals surface area contributed by atoms with Crippen molar-refractivity contribution in [2.75, 3.05) is 13.2 Å². The lowest BCUT2D eigenvalue weighted by Crippen LogP contribution is -1.99. The maximum atomic E-state index is 5.46. The van der Waals surface area contributed by atoms with Crippen molar-refractivity contribution >= 4 is 0 Å². The van der Waals surface area contributed by atoms with Gasteiger partial charge in [-0.3, -0.25) is 0 Å². The maximum absolute atomic E-state index is 5.46. The summed E-state index contributed by atoms with van der Waals surface area (Å²) in [5, 5.41) is 0. The van der Waals surface area contributed by atoms with E-state index in [2.05, 4.69) is 24.1 Å². The second-order valence-electron chi connectivity index (χ2n) is 3.12. The molecule has 0 unspecified atom stereocenters. The van der Waals surface area contributed by atoms with Gasteiger partial charge in [0.05, 0.1) is 6.61 Å². The number of hydrogen-bond donors (Lipinski definition) is 0. The first kappa shape index (κ1) is 10.1. The van der Waals surface area contributed by atoms with Gasteiger partial charge in [-0.05, 0) is 24.8 Å². The lowest BCUT2D eigenvalue weighted by Gasteiger charge is -2.07. The van der Waals surface area contributed by atoms with Gasteiger partial charge in [-0.2, -0.15) is 0 Å². The molecule has 1 aliphatic rings. The molecule has 0 bridgehead atoms. The number of unbranched alkanes of at least 4 members (excludes halogenated alkanes) is 1. The van der Waals surface area contributed by atoms with Crippen molar-refractivity contribution in [3.8, 4) is 12.3 Å². The van der Waals surface area contributed by atoms with Gasteiger partial charge in [-0.15, -0.1) is 12.3 Å². The average Bonchev–Trinajstić information content (AvgIpc) is 2.19. The summed E-state index contributed by atoms with van der Waals surface area (Å²) in [6.07, 6.45) is 15.8. The number of terminal acetylenes is 1. The van der Waals surface area contributed by atoms with Gasteiger partial charge in [-0.25, -0.2) is 0 Å². The molecule has 0 spiro atoms. The molecule has 13 heavy (non-hydrogen) atoms. The van der Waals surface area contributed by atoms with Crippen molar-refractivity contribution in [2.45, 2.75) is 25.7 Å². The molecule has 0 fully saturated rings. The van der Waals surface area contributed by atoms with Crippen molar-refractivity contribution in [1.82, 2.24) is 0 Å². The smallest absolute Gasteiger partial charge is 0.0713 e. The Morgan fingerprint density at radius 2 is 2.38 bits per heavy atom. The second kappa shape index (κ2) is 6.51. The predicted octanol–water partition coefficient (Wildman–Crippen LogP) is 2.69. The zero-order valence-electron chi connectivity index (χ0n) is 7.96. The van der Waals surface area contributed by atoms with Gasteiger partial charge < -0.3 is 4.74 Å². The molecule has 0 aromatic carbocycles. The minimum Gasteiger partial charge on any atom is -0.377 e. The number of rotatable bonds is 5. The van der Waals surface area contributed by atoms with E-state index in [1.807, 2.05) is 0 Å². The highest BCUT2D eigenvalue weighted by atomic mass is 16.5. The third-order valence-corrected chi connectivity index (χ3v) is 1.95. The SMILES string of the molecule is C#CCCCOCC1=CCCC=C1. The van der Waals surface area contributed by atoms with Crippen LogP contribution in [0.1, 0.15) is 25.7 Å². The summed E-state index contributed by atoms with van der Waals surface area (Å²) in [5.74, 6) is 2.60. The van der Waals surface area contributed by atoms with Crippen LogP contribution in [0.2, 0.25) is 0 Å². The fraction of sp³-hybridized carbons (Fsp3) is 0.500. The van der Waals surface area contributed by atoms with E-state index < -0.39 is 0 Å². The molecule has 0 radical (unpaired) electrons. The van der Waals surface area contributed by atoms with Gasteiger partial charge in [0.2, 0.25) is 0 Å². The molecule has 0 atom stereocenters. The largest absolute Gasteiger partial charge is 0.377 e. The van der Waals surface area contributed by atoms with Crippen LogP contribution in [0.3, 0.4) is 0 Å². The van der Waals surface area contributed by atoms with E-state index in [0.29, 0.717) is 0 Å². The van der Waals surface area contributed by atoms with Crippen molar-refractivity contribution < 1.29 is 4.74 Å². The highest BCUT2D eigenvalue weighted by Crippen LogP contribution is 2.09. The zero-order chi connectivity index (χ0) is 9.36. The van der Waals surface area contributed by atoms with Crippen LogP contribution in [-0.2, 0) is 4.74 Å². The van der Waals surface area contributed by atoms with Crippen LogP contribution in [0.5, 0.6) is 0 Å². The summed E-state index contributed by atoms with van der Waals surface area (Å²) in [6.45, 7) is 1.51. The van der Waals surface area contributed by atoms with Crippen LogP contribution >= 0.6 is 0 Å². The molecule has 0 saturated carbocycles. The summed E-state index contributed by atoms with van der Waals surface area (Å²) < 4.78 is 5.46. The monoisotopic (exact) mass is 176 g/mol. The van der Waals surface area contributed by atoms with Gasteiger partial charge >= 0.3 is 0 Å². The molecule has 1 heteroatoms. The highest BCUT2D eigenvalue weighted by Gasteiger charge is 1.96. The van der Waals surface area contributed by atoms with E-state index in [0.717, 1.165) is 32.5 Å². The number of hydrogen-bond acceptors (Lipinski definition) is 1. The Morgan fingerprint density at radius 1 is 1.46 bits per heavy atom.